The number of nitriles is 1. The van der Waals surface area contributed by atoms with Crippen LogP contribution in [0.5, 0.6) is 5.75 Å². The summed E-state index contributed by atoms with van der Waals surface area (Å²) in [4.78, 5) is 0. The number of ether oxygens (including phenoxy) is 1. The van der Waals surface area contributed by atoms with E-state index in [9.17, 15) is 0 Å². The number of fused-ring (bicyclic) bond motifs is 1. The molecule has 2 nitrogen and oxygen atoms in total. The van der Waals surface area contributed by atoms with Crippen LogP contribution in [0.4, 0.5) is 0 Å². The quantitative estimate of drug-likeness (QED) is 0.843. The third kappa shape index (κ3) is 2.83. The van der Waals surface area contributed by atoms with Gasteiger partial charge < -0.3 is 4.74 Å². The molecule has 1 aliphatic rings. The topological polar surface area (TPSA) is 33.0 Å². The summed E-state index contributed by atoms with van der Waals surface area (Å²) in [6, 6.07) is 16.3. The summed E-state index contributed by atoms with van der Waals surface area (Å²) >= 11 is 0. The maximum atomic E-state index is 8.76. The van der Waals surface area contributed by atoms with E-state index in [1.165, 1.54) is 36.0 Å². The molecule has 0 amide bonds. The third-order valence-corrected chi connectivity index (χ3v) is 3.81. The molecular weight excluding hydrogens is 246 g/mol. The van der Waals surface area contributed by atoms with Crippen LogP contribution in [0.2, 0.25) is 0 Å². The van der Waals surface area contributed by atoms with E-state index in [4.69, 9.17) is 10.00 Å². The highest BCUT2D eigenvalue weighted by atomic mass is 16.5. The number of rotatable bonds is 4. The van der Waals surface area contributed by atoms with E-state index in [0.717, 1.165) is 12.2 Å². The van der Waals surface area contributed by atoms with Crippen LogP contribution in [0.3, 0.4) is 0 Å². The highest BCUT2D eigenvalue weighted by molar-refractivity contribution is 5.38. The van der Waals surface area contributed by atoms with Crippen molar-refractivity contribution in [3.05, 3.63) is 64.7 Å². The van der Waals surface area contributed by atoms with Gasteiger partial charge in [0.1, 0.15) is 5.75 Å². The van der Waals surface area contributed by atoms with E-state index >= 15 is 0 Å². The Balaban J connectivity index is 1.56. The first-order valence-electron chi connectivity index (χ1n) is 7.09. The molecule has 1 aliphatic carbocycles. The molecule has 0 saturated carbocycles. The largest absolute Gasteiger partial charge is 0.493 e. The molecule has 100 valence electrons. The first-order chi connectivity index (χ1) is 9.85. The van der Waals surface area contributed by atoms with Gasteiger partial charge in [0, 0.05) is 6.42 Å². The SMILES string of the molecule is N#Cc1ccc(CCOc2ccc3c(c2)CCC3)cc1. The van der Waals surface area contributed by atoms with Crippen molar-refractivity contribution in [2.45, 2.75) is 25.7 Å². The molecule has 0 N–H and O–H groups in total. The van der Waals surface area contributed by atoms with E-state index in [0.29, 0.717) is 12.2 Å². The van der Waals surface area contributed by atoms with Gasteiger partial charge in [0.15, 0.2) is 0 Å². The Labute approximate surface area is 119 Å². The van der Waals surface area contributed by atoms with Crippen molar-refractivity contribution < 1.29 is 4.74 Å². The lowest BCUT2D eigenvalue weighted by Gasteiger charge is -2.08. The Morgan fingerprint density at radius 2 is 1.80 bits per heavy atom. The first-order valence-corrected chi connectivity index (χ1v) is 7.09. The molecular formula is C18H17NO. The van der Waals surface area contributed by atoms with Crippen molar-refractivity contribution in [2.24, 2.45) is 0 Å². The molecule has 0 aliphatic heterocycles. The molecule has 0 saturated heterocycles. The lowest BCUT2D eigenvalue weighted by atomic mass is 10.1. The zero-order valence-corrected chi connectivity index (χ0v) is 11.4. The van der Waals surface area contributed by atoms with Crippen molar-refractivity contribution in [2.75, 3.05) is 6.61 Å². The molecule has 0 radical (unpaired) electrons. The van der Waals surface area contributed by atoms with Crippen LogP contribution >= 0.6 is 0 Å². The molecule has 3 rings (SSSR count). The third-order valence-electron chi connectivity index (χ3n) is 3.81. The van der Waals surface area contributed by atoms with Crippen molar-refractivity contribution in [3.8, 4) is 11.8 Å². The standard InChI is InChI=1S/C18H17NO/c19-13-15-6-4-14(5-7-15)10-11-20-18-9-8-16-2-1-3-17(16)12-18/h4-9,12H,1-3,10-11H2. The van der Waals surface area contributed by atoms with Gasteiger partial charge in [-0.1, -0.05) is 18.2 Å². The molecule has 0 heterocycles. The van der Waals surface area contributed by atoms with E-state index in [1.54, 1.807) is 0 Å². The predicted molar refractivity (Wildman–Crippen MR) is 78.8 cm³/mol. The maximum absolute atomic E-state index is 8.76. The summed E-state index contributed by atoms with van der Waals surface area (Å²) in [6.07, 6.45) is 4.52. The Morgan fingerprint density at radius 1 is 1.00 bits per heavy atom. The van der Waals surface area contributed by atoms with Gasteiger partial charge >= 0.3 is 0 Å². The Hall–Kier alpha value is -2.27. The molecule has 0 bridgehead atoms. The van der Waals surface area contributed by atoms with Gasteiger partial charge in [0.25, 0.3) is 0 Å². The van der Waals surface area contributed by atoms with E-state index in [-0.39, 0.29) is 0 Å². The highest BCUT2D eigenvalue weighted by Crippen LogP contribution is 2.26. The van der Waals surface area contributed by atoms with Crippen LogP contribution in [0.15, 0.2) is 42.5 Å². The van der Waals surface area contributed by atoms with Crippen LogP contribution in [0, 0.1) is 11.3 Å². The monoisotopic (exact) mass is 263 g/mol. The maximum Gasteiger partial charge on any atom is 0.119 e. The van der Waals surface area contributed by atoms with Crippen molar-refractivity contribution >= 4 is 0 Å². The van der Waals surface area contributed by atoms with Gasteiger partial charge in [0.2, 0.25) is 0 Å². The minimum absolute atomic E-state index is 0.671. The van der Waals surface area contributed by atoms with Gasteiger partial charge in [-0.2, -0.15) is 5.26 Å². The molecule has 20 heavy (non-hydrogen) atoms. The van der Waals surface area contributed by atoms with Gasteiger partial charge in [-0.05, 0) is 60.2 Å². The Kier molecular flexibility index (Phi) is 3.69. The van der Waals surface area contributed by atoms with Crippen LogP contribution in [-0.2, 0) is 19.3 Å². The average Bonchev–Trinajstić information content (AvgIpc) is 2.95. The van der Waals surface area contributed by atoms with E-state index in [1.807, 2.05) is 24.3 Å². The first kappa shape index (κ1) is 12.7. The van der Waals surface area contributed by atoms with Crippen LogP contribution in [0.25, 0.3) is 0 Å². The van der Waals surface area contributed by atoms with Crippen LogP contribution in [-0.4, -0.2) is 6.61 Å². The van der Waals surface area contributed by atoms with E-state index < -0.39 is 0 Å². The molecule has 0 atom stereocenters. The van der Waals surface area contributed by atoms with Crippen molar-refractivity contribution in [1.29, 1.82) is 5.26 Å². The smallest absolute Gasteiger partial charge is 0.119 e. The minimum atomic E-state index is 0.671. The fourth-order valence-corrected chi connectivity index (χ4v) is 2.67. The summed E-state index contributed by atoms with van der Waals surface area (Å²) in [5.74, 6) is 0.972. The van der Waals surface area contributed by atoms with Gasteiger partial charge in [0.05, 0.1) is 18.2 Å². The van der Waals surface area contributed by atoms with Gasteiger partial charge in [-0.3, -0.25) is 0 Å². The number of aryl methyl sites for hydroxylation is 2. The molecule has 0 unspecified atom stereocenters. The number of hydrogen-bond donors (Lipinski definition) is 0. The van der Waals surface area contributed by atoms with Crippen molar-refractivity contribution in [3.63, 3.8) is 0 Å². The number of hydrogen-bond acceptors (Lipinski definition) is 2. The second kappa shape index (κ2) is 5.79. The molecule has 0 spiro atoms. The lowest BCUT2D eigenvalue weighted by Crippen LogP contribution is -2.01. The van der Waals surface area contributed by atoms with Gasteiger partial charge in [-0.25, -0.2) is 0 Å². The summed E-state index contributed by atoms with van der Waals surface area (Å²) in [7, 11) is 0. The molecule has 0 aromatic heterocycles. The summed E-state index contributed by atoms with van der Waals surface area (Å²) < 4.78 is 5.83. The average molecular weight is 263 g/mol. The summed E-state index contributed by atoms with van der Waals surface area (Å²) in [5, 5.41) is 8.76. The number of nitrogens with zero attached hydrogens (tertiary/aromatic N) is 1. The van der Waals surface area contributed by atoms with Crippen molar-refractivity contribution in [1.82, 2.24) is 0 Å². The fourth-order valence-electron chi connectivity index (χ4n) is 2.67. The zero-order valence-electron chi connectivity index (χ0n) is 11.4. The molecule has 0 fully saturated rings. The molecule has 2 aromatic rings. The lowest BCUT2D eigenvalue weighted by molar-refractivity contribution is 0.321. The number of benzene rings is 2. The molecule has 2 aromatic carbocycles. The summed E-state index contributed by atoms with van der Waals surface area (Å²) in [6.45, 7) is 0.671. The summed E-state index contributed by atoms with van der Waals surface area (Å²) in [5.41, 5.74) is 4.82. The minimum Gasteiger partial charge on any atom is -0.493 e. The zero-order chi connectivity index (χ0) is 13.8. The Bertz CT molecular complexity index is 637. The molecule has 2 heteroatoms. The predicted octanol–water partition coefficient (Wildman–Crippen LogP) is 3.67. The van der Waals surface area contributed by atoms with Crippen LogP contribution < -0.4 is 4.74 Å². The normalized spacial score (nSPS) is 12.8. The Morgan fingerprint density at radius 3 is 2.60 bits per heavy atom. The van der Waals surface area contributed by atoms with Crippen LogP contribution in [0.1, 0.15) is 28.7 Å². The van der Waals surface area contributed by atoms with E-state index in [2.05, 4.69) is 24.3 Å². The second-order valence-corrected chi connectivity index (χ2v) is 5.19. The second-order valence-electron chi connectivity index (χ2n) is 5.19. The highest BCUT2D eigenvalue weighted by Gasteiger charge is 2.10. The van der Waals surface area contributed by atoms with Gasteiger partial charge in [-0.15, -0.1) is 0 Å². The fraction of sp³-hybridized carbons (Fsp3) is 0.278.